The van der Waals surface area contributed by atoms with Gasteiger partial charge in [-0.1, -0.05) is 0 Å². The summed E-state index contributed by atoms with van der Waals surface area (Å²) in [6.07, 6.45) is 1.90. The van der Waals surface area contributed by atoms with E-state index in [0.29, 0.717) is 0 Å². The molecule has 2 heterocycles. The average molecular weight is 191 g/mol. The molecule has 0 aliphatic carbocycles. The molecule has 0 radical (unpaired) electrons. The van der Waals surface area contributed by atoms with E-state index in [2.05, 4.69) is 10.4 Å². The number of furan rings is 1. The molecule has 0 atom stereocenters. The quantitative estimate of drug-likeness (QED) is 0.797. The molecule has 74 valence electrons. The third-order valence-corrected chi connectivity index (χ3v) is 1.98. The van der Waals surface area contributed by atoms with Gasteiger partial charge in [0, 0.05) is 13.2 Å². The molecule has 0 spiro atoms. The van der Waals surface area contributed by atoms with Crippen molar-refractivity contribution in [3.63, 3.8) is 0 Å². The maximum Gasteiger partial charge on any atom is 0.154 e. The topological polar surface area (TPSA) is 43.0 Å². The molecule has 0 aliphatic heterocycles. The second-order valence-corrected chi connectivity index (χ2v) is 3.17. The Morgan fingerprint density at radius 1 is 1.43 bits per heavy atom. The summed E-state index contributed by atoms with van der Waals surface area (Å²) in [5, 5.41) is 7.29. The second-order valence-electron chi connectivity index (χ2n) is 3.17. The molecule has 0 aromatic carbocycles. The average Bonchev–Trinajstić information content (AvgIpc) is 2.74. The molecule has 0 saturated heterocycles. The Bertz CT molecular complexity index is 416. The number of aryl methyl sites for hydroxylation is 1. The van der Waals surface area contributed by atoms with Crippen molar-refractivity contribution in [1.82, 2.24) is 15.1 Å². The lowest BCUT2D eigenvalue weighted by Gasteiger charge is -1.93. The molecule has 1 N–H and O–H groups in total. The third-order valence-electron chi connectivity index (χ3n) is 1.98. The summed E-state index contributed by atoms with van der Waals surface area (Å²) in [4.78, 5) is 0. The van der Waals surface area contributed by atoms with Crippen molar-refractivity contribution in [3.05, 3.63) is 30.2 Å². The summed E-state index contributed by atoms with van der Waals surface area (Å²) in [7, 11) is 3.78. The zero-order chi connectivity index (χ0) is 9.97. The minimum atomic E-state index is 0.743. The highest BCUT2D eigenvalue weighted by molar-refractivity contribution is 5.51. The van der Waals surface area contributed by atoms with E-state index in [1.54, 1.807) is 4.68 Å². The maximum atomic E-state index is 5.59. The van der Waals surface area contributed by atoms with Crippen LogP contribution in [-0.2, 0) is 13.6 Å². The number of hydrogen-bond donors (Lipinski definition) is 1. The standard InChI is InChI=1S/C10H13N3O/c1-11-7-8-3-4-10(14-8)9-5-6-13(2)12-9/h3-6,11H,7H2,1-2H3. The normalized spacial score (nSPS) is 10.7. The lowest BCUT2D eigenvalue weighted by Crippen LogP contribution is -2.03. The molecule has 2 aromatic rings. The number of hydrogen-bond acceptors (Lipinski definition) is 3. The summed E-state index contributed by atoms with van der Waals surface area (Å²) in [6, 6.07) is 5.83. The van der Waals surface area contributed by atoms with E-state index in [-0.39, 0.29) is 0 Å². The van der Waals surface area contributed by atoms with Gasteiger partial charge >= 0.3 is 0 Å². The largest absolute Gasteiger partial charge is 0.458 e. The monoisotopic (exact) mass is 191 g/mol. The van der Waals surface area contributed by atoms with E-state index in [1.165, 1.54) is 0 Å². The Kier molecular flexibility index (Phi) is 2.37. The molecule has 0 unspecified atom stereocenters. The molecule has 2 aromatic heterocycles. The van der Waals surface area contributed by atoms with Gasteiger partial charge in [-0.3, -0.25) is 4.68 Å². The molecule has 4 heteroatoms. The van der Waals surface area contributed by atoms with E-state index in [1.807, 2.05) is 38.5 Å². The van der Waals surface area contributed by atoms with Crippen LogP contribution in [-0.4, -0.2) is 16.8 Å². The van der Waals surface area contributed by atoms with E-state index < -0.39 is 0 Å². The zero-order valence-electron chi connectivity index (χ0n) is 8.32. The summed E-state index contributed by atoms with van der Waals surface area (Å²) in [5.41, 5.74) is 0.870. The van der Waals surface area contributed by atoms with Gasteiger partial charge in [0.2, 0.25) is 0 Å². The Morgan fingerprint density at radius 3 is 2.93 bits per heavy atom. The van der Waals surface area contributed by atoms with Crippen molar-refractivity contribution in [1.29, 1.82) is 0 Å². The van der Waals surface area contributed by atoms with Crippen LogP contribution in [0.15, 0.2) is 28.8 Å². The first-order valence-electron chi connectivity index (χ1n) is 4.53. The SMILES string of the molecule is CNCc1ccc(-c2ccn(C)n2)o1. The summed E-state index contributed by atoms with van der Waals surface area (Å²) >= 11 is 0. The van der Waals surface area contributed by atoms with Gasteiger partial charge in [-0.2, -0.15) is 5.10 Å². The molecular weight excluding hydrogens is 178 g/mol. The predicted molar refractivity (Wildman–Crippen MR) is 53.7 cm³/mol. The summed E-state index contributed by atoms with van der Waals surface area (Å²) in [5.74, 6) is 1.74. The first-order chi connectivity index (χ1) is 6.79. The lowest BCUT2D eigenvalue weighted by atomic mass is 10.3. The van der Waals surface area contributed by atoms with E-state index >= 15 is 0 Å². The van der Waals surface area contributed by atoms with Crippen LogP contribution < -0.4 is 5.32 Å². The minimum absolute atomic E-state index is 0.743. The first kappa shape index (κ1) is 9.02. The Morgan fingerprint density at radius 2 is 2.29 bits per heavy atom. The van der Waals surface area contributed by atoms with Crippen LogP contribution in [0.2, 0.25) is 0 Å². The highest BCUT2D eigenvalue weighted by Gasteiger charge is 2.06. The molecule has 4 nitrogen and oxygen atoms in total. The van der Waals surface area contributed by atoms with Crippen molar-refractivity contribution in [2.75, 3.05) is 7.05 Å². The Balaban J connectivity index is 2.24. The van der Waals surface area contributed by atoms with E-state index in [4.69, 9.17) is 4.42 Å². The van der Waals surface area contributed by atoms with Crippen LogP contribution in [0.5, 0.6) is 0 Å². The van der Waals surface area contributed by atoms with Gasteiger partial charge in [-0.25, -0.2) is 0 Å². The van der Waals surface area contributed by atoms with Crippen LogP contribution in [0.4, 0.5) is 0 Å². The highest BCUT2D eigenvalue weighted by Crippen LogP contribution is 2.19. The fourth-order valence-corrected chi connectivity index (χ4v) is 1.33. The Hall–Kier alpha value is -1.55. The van der Waals surface area contributed by atoms with Gasteiger partial charge in [-0.15, -0.1) is 0 Å². The number of aromatic nitrogens is 2. The van der Waals surface area contributed by atoms with Crippen LogP contribution >= 0.6 is 0 Å². The van der Waals surface area contributed by atoms with Gasteiger partial charge in [-0.05, 0) is 25.2 Å². The summed E-state index contributed by atoms with van der Waals surface area (Å²) < 4.78 is 7.34. The molecular formula is C10H13N3O. The Labute approximate surface area is 82.5 Å². The van der Waals surface area contributed by atoms with Crippen molar-refractivity contribution in [2.24, 2.45) is 7.05 Å². The van der Waals surface area contributed by atoms with Gasteiger partial charge in [0.1, 0.15) is 11.5 Å². The van der Waals surface area contributed by atoms with E-state index in [0.717, 1.165) is 23.8 Å². The number of nitrogens with one attached hydrogen (secondary N) is 1. The molecule has 14 heavy (non-hydrogen) atoms. The molecule has 0 bridgehead atoms. The molecule has 0 fully saturated rings. The van der Waals surface area contributed by atoms with E-state index in [9.17, 15) is 0 Å². The van der Waals surface area contributed by atoms with Crippen molar-refractivity contribution >= 4 is 0 Å². The molecule has 2 rings (SSSR count). The van der Waals surface area contributed by atoms with Gasteiger partial charge in [0.15, 0.2) is 5.76 Å². The molecule has 0 aliphatic rings. The van der Waals surface area contributed by atoms with Crippen LogP contribution in [0, 0.1) is 0 Å². The lowest BCUT2D eigenvalue weighted by molar-refractivity contribution is 0.505. The highest BCUT2D eigenvalue weighted by atomic mass is 16.3. The fraction of sp³-hybridized carbons (Fsp3) is 0.300. The first-order valence-corrected chi connectivity index (χ1v) is 4.53. The van der Waals surface area contributed by atoms with Gasteiger partial charge in [0.05, 0.1) is 6.54 Å². The predicted octanol–water partition coefficient (Wildman–Crippen LogP) is 1.40. The van der Waals surface area contributed by atoms with Crippen LogP contribution in [0.25, 0.3) is 11.5 Å². The molecule has 0 saturated carbocycles. The second kappa shape index (κ2) is 3.67. The van der Waals surface area contributed by atoms with Gasteiger partial charge < -0.3 is 9.73 Å². The smallest absolute Gasteiger partial charge is 0.154 e. The summed E-state index contributed by atoms with van der Waals surface area (Å²) in [6.45, 7) is 0.743. The van der Waals surface area contributed by atoms with Crippen molar-refractivity contribution in [2.45, 2.75) is 6.54 Å². The van der Waals surface area contributed by atoms with Crippen LogP contribution in [0.3, 0.4) is 0 Å². The van der Waals surface area contributed by atoms with Crippen molar-refractivity contribution in [3.8, 4) is 11.5 Å². The fourth-order valence-electron chi connectivity index (χ4n) is 1.33. The molecule has 0 amide bonds. The maximum absolute atomic E-state index is 5.59. The van der Waals surface area contributed by atoms with Gasteiger partial charge in [0.25, 0.3) is 0 Å². The van der Waals surface area contributed by atoms with Crippen molar-refractivity contribution < 1.29 is 4.42 Å². The minimum Gasteiger partial charge on any atom is -0.458 e. The van der Waals surface area contributed by atoms with Crippen LogP contribution in [0.1, 0.15) is 5.76 Å². The third kappa shape index (κ3) is 1.70. The number of rotatable bonds is 3. The zero-order valence-corrected chi connectivity index (χ0v) is 8.32. The number of nitrogens with zero attached hydrogens (tertiary/aromatic N) is 2.